The van der Waals surface area contributed by atoms with Crippen LogP contribution in [0.5, 0.6) is 0 Å². The number of nitriles is 1. The van der Waals surface area contributed by atoms with Crippen molar-refractivity contribution < 1.29 is 39.9 Å². The molecule has 0 bridgehead atoms. The van der Waals surface area contributed by atoms with E-state index in [-0.39, 0.29) is 6.08 Å². The molecule has 0 atom stereocenters. The van der Waals surface area contributed by atoms with Crippen LogP contribution in [0.25, 0.3) is 0 Å². The molecule has 15 heteroatoms. The molecule has 0 aliphatic carbocycles. The Labute approximate surface area is 166 Å². The minimum Gasteiger partial charge on any atom is -0.395 e. The van der Waals surface area contributed by atoms with Gasteiger partial charge in [-0.05, 0) is 6.07 Å². The first-order valence-corrected chi connectivity index (χ1v) is 7.51. The predicted molar refractivity (Wildman–Crippen MR) is 87.9 cm³/mol. The third-order valence-electron chi connectivity index (χ3n) is 3.02. The fourth-order valence-electron chi connectivity index (χ4n) is 1.64. The van der Waals surface area contributed by atoms with Gasteiger partial charge in [0.15, 0.2) is 5.69 Å². The summed E-state index contributed by atoms with van der Waals surface area (Å²) in [6.45, 7) is 0. The normalized spacial score (nSPS) is 11.8. The van der Waals surface area contributed by atoms with Crippen LogP contribution in [-0.2, 0) is 11.0 Å². The molecule has 2 rings (SSSR count). The van der Waals surface area contributed by atoms with Gasteiger partial charge in [0.2, 0.25) is 0 Å². The Morgan fingerprint density at radius 1 is 1.13 bits per heavy atom. The highest BCUT2D eigenvalue weighted by molar-refractivity contribution is 5.99. The molecule has 0 fully saturated rings. The number of benzene rings is 1. The highest BCUT2D eigenvalue weighted by Gasteiger charge is 2.33. The van der Waals surface area contributed by atoms with Crippen LogP contribution in [0.15, 0.2) is 41.1 Å². The van der Waals surface area contributed by atoms with Crippen molar-refractivity contribution in [2.75, 3.05) is 5.32 Å². The zero-order chi connectivity index (χ0) is 24.0. The second-order valence-corrected chi connectivity index (χ2v) is 5.30. The molecule has 0 spiro atoms. The number of halogens is 8. The summed E-state index contributed by atoms with van der Waals surface area (Å²) >= 11 is 0. The molecule has 0 saturated heterocycles. The Hall–Kier alpha value is -3.96. The van der Waals surface area contributed by atoms with Crippen molar-refractivity contribution in [3.05, 3.63) is 69.5 Å². The quantitative estimate of drug-likeness (QED) is 0.475. The predicted octanol–water partition coefficient (Wildman–Crippen LogP) is 2.97. The second-order valence-electron chi connectivity index (χ2n) is 5.30. The molecule has 0 aliphatic rings. The topological polar surface area (TPSA) is 125 Å². The van der Waals surface area contributed by atoms with Crippen molar-refractivity contribution in [2.45, 2.75) is 12.4 Å². The molecular formula is C16H9F8N5O2. The van der Waals surface area contributed by atoms with E-state index in [1.807, 2.05) is 4.98 Å². The lowest BCUT2D eigenvalue weighted by Gasteiger charge is -2.08. The lowest BCUT2D eigenvalue weighted by Crippen LogP contribution is -2.22. The van der Waals surface area contributed by atoms with Crippen LogP contribution in [0.1, 0.15) is 11.3 Å². The number of carbonyl (C=O) groups excluding carboxylic acids is 1. The molecule has 7 nitrogen and oxygen atoms in total. The summed E-state index contributed by atoms with van der Waals surface area (Å²) in [6, 6.07) is 2.74. The number of alkyl halides is 6. The second kappa shape index (κ2) is 9.69. The zero-order valence-corrected chi connectivity index (χ0v) is 14.7. The van der Waals surface area contributed by atoms with Gasteiger partial charge in [-0.15, -0.1) is 0 Å². The van der Waals surface area contributed by atoms with Crippen molar-refractivity contribution in [3.8, 4) is 6.07 Å². The van der Waals surface area contributed by atoms with Crippen molar-refractivity contribution in [1.29, 1.82) is 5.26 Å². The fraction of sp³-hybridized carbons (Fsp3) is 0.125. The average Bonchev–Trinajstić information content (AvgIpc) is 2.63. The van der Waals surface area contributed by atoms with E-state index < -0.39 is 58.1 Å². The maximum absolute atomic E-state index is 13.3. The van der Waals surface area contributed by atoms with Gasteiger partial charge in [-0.3, -0.25) is 9.59 Å². The Morgan fingerprint density at radius 3 is 2.19 bits per heavy atom. The number of nitrogens with zero attached hydrogens (tertiary/aromatic N) is 2. The van der Waals surface area contributed by atoms with Crippen molar-refractivity contribution in [3.63, 3.8) is 0 Å². The number of hydrogen-bond acceptors (Lipinski definition) is 5. The molecule has 1 aromatic carbocycles. The van der Waals surface area contributed by atoms with E-state index in [1.54, 1.807) is 5.32 Å². The van der Waals surface area contributed by atoms with Gasteiger partial charge >= 0.3 is 12.4 Å². The van der Waals surface area contributed by atoms with Crippen LogP contribution >= 0.6 is 0 Å². The SMILES string of the molecule is N#Cc1cc(F)c(NC(=O)/C=C(\N)C(F)(F)F)cc1F.O=c1cc(C(F)(F)F)nc[nH]1. The molecule has 0 aliphatic heterocycles. The smallest absolute Gasteiger partial charge is 0.395 e. The number of aromatic amines is 1. The van der Waals surface area contributed by atoms with E-state index in [2.05, 4.69) is 10.7 Å². The van der Waals surface area contributed by atoms with Crippen LogP contribution < -0.4 is 16.6 Å². The number of nitrogens with two attached hydrogens (primary N) is 1. The number of amides is 1. The number of rotatable bonds is 2. The van der Waals surface area contributed by atoms with Crippen LogP contribution in [0.4, 0.5) is 40.8 Å². The van der Waals surface area contributed by atoms with Crippen molar-refractivity contribution >= 4 is 11.6 Å². The third-order valence-corrected chi connectivity index (χ3v) is 3.02. The van der Waals surface area contributed by atoms with Crippen molar-refractivity contribution in [1.82, 2.24) is 9.97 Å². The monoisotopic (exact) mass is 455 g/mol. The Morgan fingerprint density at radius 2 is 1.74 bits per heavy atom. The van der Waals surface area contributed by atoms with Gasteiger partial charge < -0.3 is 16.0 Å². The summed E-state index contributed by atoms with van der Waals surface area (Å²) < 4.78 is 97.9. The molecule has 0 unspecified atom stereocenters. The number of aromatic nitrogens is 2. The van der Waals surface area contributed by atoms with Crippen LogP contribution in [0.3, 0.4) is 0 Å². The van der Waals surface area contributed by atoms with E-state index in [1.165, 1.54) is 6.07 Å². The number of H-pyrrole nitrogens is 1. The number of carbonyl (C=O) groups is 1. The molecule has 31 heavy (non-hydrogen) atoms. The Balaban J connectivity index is 0.000000367. The summed E-state index contributed by atoms with van der Waals surface area (Å²) in [5.74, 6) is -3.69. The minimum absolute atomic E-state index is 0.00442. The summed E-state index contributed by atoms with van der Waals surface area (Å²) in [7, 11) is 0. The molecule has 166 valence electrons. The first-order chi connectivity index (χ1) is 14.1. The lowest BCUT2D eigenvalue weighted by atomic mass is 10.2. The van der Waals surface area contributed by atoms with E-state index in [0.29, 0.717) is 24.5 Å². The van der Waals surface area contributed by atoms with E-state index in [4.69, 9.17) is 5.26 Å². The molecule has 1 aromatic heterocycles. The Kier molecular flexibility index (Phi) is 7.84. The highest BCUT2D eigenvalue weighted by Crippen LogP contribution is 2.25. The molecule has 0 saturated carbocycles. The molecule has 1 heterocycles. The number of nitrogens with one attached hydrogen (secondary N) is 2. The van der Waals surface area contributed by atoms with Crippen LogP contribution in [0.2, 0.25) is 0 Å². The average molecular weight is 455 g/mol. The maximum Gasteiger partial charge on any atom is 0.433 e. The molecule has 2 aromatic rings. The van der Waals surface area contributed by atoms with Gasteiger partial charge in [0.05, 0.1) is 17.6 Å². The minimum atomic E-state index is -4.91. The molecule has 0 radical (unpaired) electrons. The summed E-state index contributed by atoms with van der Waals surface area (Å²) in [5.41, 5.74) is -0.415. The van der Waals surface area contributed by atoms with Gasteiger partial charge in [-0.2, -0.15) is 31.6 Å². The molecular weight excluding hydrogens is 446 g/mol. The summed E-state index contributed by atoms with van der Waals surface area (Å²) in [4.78, 5) is 26.4. The molecule has 1 amide bonds. The molecule has 4 N–H and O–H groups in total. The van der Waals surface area contributed by atoms with Crippen LogP contribution in [-0.4, -0.2) is 22.1 Å². The largest absolute Gasteiger partial charge is 0.433 e. The highest BCUT2D eigenvalue weighted by atomic mass is 19.4. The van der Waals surface area contributed by atoms with Gasteiger partial charge in [0, 0.05) is 18.2 Å². The third kappa shape index (κ3) is 7.76. The Bertz CT molecular complexity index is 1080. The van der Waals surface area contributed by atoms with E-state index in [9.17, 15) is 44.7 Å². The first kappa shape index (κ1) is 25.1. The number of allylic oxidation sites excluding steroid dienone is 1. The van der Waals surface area contributed by atoms with Gasteiger partial charge in [0.1, 0.15) is 23.4 Å². The summed E-state index contributed by atoms with van der Waals surface area (Å²) in [6.07, 6.45) is -8.75. The van der Waals surface area contributed by atoms with Gasteiger partial charge in [-0.25, -0.2) is 13.8 Å². The summed E-state index contributed by atoms with van der Waals surface area (Å²) in [5, 5.41) is 10.1. The fourth-order valence-corrected chi connectivity index (χ4v) is 1.64. The van der Waals surface area contributed by atoms with E-state index >= 15 is 0 Å². The standard InChI is InChI=1S/C11H6F5N3O.C5H3F3N2O/c12-6-2-8(7(13)1-5(6)4-17)19-10(20)3-9(18)11(14,15)16;6-5(7,8)3-1-4(11)10-2-9-3/h1-3H,18H2,(H,19,20);1-2H,(H,9,10,11)/b9-3-;. The lowest BCUT2D eigenvalue weighted by molar-refractivity contribution is -0.141. The van der Waals surface area contributed by atoms with Gasteiger partial charge in [0.25, 0.3) is 11.5 Å². The maximum atomic E-state index is 13.3. The number of anilines is 1. The first-order valence-electron chi connectivity index (χ1n) is 7.51. The van der Waals surface area contributed by atoms with Crippen LogP contribution in [0, 0.1) is 23.0 Å². The van der Waals surface area contributed by atoms with E-state index in [0.717, 1.165) is 0 Å². The zero-order valence-electron chi connectivity index (χ0n) is 14.7. The van der Waals surface area contributed by atoms with Crippen molar-refractivity contribution in [2.24, 2.45) is 5.73 Å². The van der Waals surface area contributed by atoms with Gasteiger partial charge in [-0.1, -0.05) is 0 Å². The number of hydrogen-bond donors (Lipinski definition) is 3.